The highest BCUT2D eigenvalue weighted by Crippen LogP contribution is 2.15. The average Bonchev–Trinajstić information content (AvgIpc) is 2.28. The first-order valence-electron chi connectivity index (χ1n) is 5.46. The molecule has 1 rings (SSSR count). The van der Waals surface area contributed by atoms with Crippen LogP contribution in [0.2, 0.25) is 0 Å². The van der Waals surface area contributed by atoms with Crippen LogP contribution < -0.4 is 0 Å². The molecule has 1 aromatic rings. The Balaban J connectivity index is 3.13. The Morgan fingerprint density at radius 1 is 1.50 bits per heavy atom. The minimum absolute atomic E-state index is 0.0709. The second-order valence-electron chi connectivity index (χ2n) is 3.67. The predicted octanol–water partition coefficient (Wildman–Crippen LogP) is 3.46. The molecule has 0 aliphatic carbocycles. The lowest BCUT2D eigenvalue weighted by Gasteiger charge is -2.05. The molecule has 0 aliphatic rings. The second kappa shape index (κ2) is 5.54. The largest absolute Gasteiger partial charge is 0.289 e. The molecule has 0 aromatic carbocycles. The van der Waals surface area contributed by atoms with E-state index in [1.54, 1.807) is 13.0 Å². The second-order valence-corrected chi connectivity index (χ2v) is 3.67. The van der Waals surface area contributed by atoms with Crippen LogP contribution in [0.25, 0.3) is 0 Å². The number of allylic oxidation sites excluding steroid dienone is 2. The van der Waals surface area contributed by atoms with Crippen molar-refractivity contribution >= 4 is 5.78 Å². The smallest absolute Gasteiger partial charge is 0.224 e. The van der Waals surface area contributed by atoms with Crippen molar-refractivity contribution in [2.75, 3.05) is 0 Å². The van der Waals surface area contributed by atoms with Crippen LogP contribution in [-0.2, 0) is 0 Å². The van der Waals surface area contributed by atoms with E-state index in [4.69, 9.17) is 0 Å². The van der Waals surface area contributed by atoms with Gasteiger partial charge in [0.25, 0.3) is 0 Å². The number of carbonyl (C=O) groups excluding carboxylic acids is 1. The summed E-state index contributed by atoms with van der Waals surface area (Å²) >= 11 is 0. The minimum atomic E-state index is -0.689. The van der Waals surface area contributed by atoms with Crippen molar-refractivity contribution in [1.29, 1.82) is 0 Å². The van der Waals surface area contributed by atoms with Crippen molar-refractivity contribution in [2.24, 2.45) is 0 Å². The number of aryl methyl sites for hydroxylation is 1. The molecule has 3 heteroatoms. The van der Waals surface area contributed by atoms with E-state index >= 15 is 0 Å². The van der Waals surface area contributed by atoms with Crippen molar-refractivity contribution in [2.45, 2.75) is 33.6 Å². The number of ketones is 1. The van der Waals surface area contributed by atoms with E-state index in [0.29, 0.717) is 12.0 Å². The Hall–Kier alpha value is -1.51. The third-order valence-electron chi connectivity index (χ3n) is 2.34. The molecule has 1 heterocycles. The first kappa shape index (κ1) is 12.6. The third-order valence-corrected chi connectivity index (χ3v) is 2.34. The van der Waals surface area contributed by atoms with Crippen LogP contribution in [-0.4, -0.2) is 10.8 Å². The summed E-state index contributed by atoms with van der Waals surface area (Å²) in [6.07, 6.45) is 4.64. The first-order valence-corrected chi connectivity index (χ1v) is 5.46. The fraction of sp³-hybridized carbons (Fsp3) is 0.385. The first-order chi connectivity index (χ1) is 7.60. The number of aromatic nitrogens is 1. The van der Waals surface area contributed by atoms with Crippen molar-refractivity contribution < 1.29 is 9.18 Å². The van der Waals surface area contributed by atoms with Crippen LogP contribution in [0.4, 0.5) is 4.39 Å². The Morgan fingerprint density at radius 3 is 2.75 bits per heavy atom. The van der Waals surface area contributed by atoms with Crippen molar-refractivity contribution in [3.63, 3.8) is 0 Å². The molecule has 0 fully saturated rings. The molecular formula is C13H16FNO. The standard InChI is InChI=1S/C13H16FNO/c1-4-6-10(5-2)12(16)11-7-9(3)8-15-13(11)14/h6-8H,4-5H2,1-3H3. The summed E-state index contributed by atoms with van der Waals surface area (Å²) in [7, 11) is 0. The normalized spacial score (nSPS) is 11.6. The Labute approximate surface area is 95.2 Å². The maximum absolute atomic E-state index is 13.4. The Bertz CT molecular complexity index is 424. The molecule has 0 amide bonds. The molecule has 0 unspecified atom stereocenters. The van der Waals surface area contributed by atoms with Gasteiger partial charge < -0.3 is 0 Å². The highest BCUT2D eigenvalue weighted by Gasteiger charge is 2.15. The molecule has 0 bridgehead atoms. The predicted molar refractivity (Wildman–Crippen MR) is 61.9 cm³/mol. The highest BCUT2D eigenvalue weighted by atomic mass is 19.1. The van der Waals surface area contributed by atoms with E-state index < -0.39 is 5.95 Å². The quantitative estimate of drug-likeness (QED) is 0.443. The van der Waals surface area contributed by atoms with E-state index in [9.17, 15) is 9.18 Å². The molecule has 0 N–H and O–H groups in total. The molecule has 86 valence electrons. The van der Waals surface area contributed by atoms with E-state index in [-0.39, 0.29) is 11.3 Å². The molecular weight excluding hydrogens is 205 g/mol. The van der Waals surface area contributed by atoms with Crippen LogP contribution in [0.1, 0.15) is 42.6 Å². The van der Waals surface area contributed by atoms with Crippen LogP contribution in [0, 0.1) is 12.9 Å². The van der Waals surface area contributed by atoms with Crippen LogP contribution in [0.5, 0.6) is 0 Å². The summed E-state index contributed by atoms with van der Waals surface area (Å²) in [6.45, 7) is 5.63. The molecule has 0 saturated heterocycles. The molecule has 0 radical (unpaired) electrons. The van der Waals surface area contributed by atoms with Crippen molar-refractivity contribution in [1.82, 2.24) is 4.98 Å². The Kier molecular flexibility index (Phi) is 4.35. The summed E-state index contributed by atoms with van der Waals surface area (Å²) in [5, 5.41) is 0. The van der Waals surface area contributed by atoms with Crippen LogP contribution >= 0.6 is 0 Å². The van der Waals surface area contributed by atoms with Gasteiger partial charge in [0.1, 0.15) is 0 Å². The maximum atomic E-state index is 13.4. The van der Waals surface area contributed by atoms with Gasteiger partial charge in [-0.15, -0.1) is 0 Å². The van der Waals surface area contributed by atoms with E-state index in [1.165, 1.54) is 6.20 Å². The molecule has 16 heavy (non-hydrogen) atoms. The molecule has 0 aliphatic heterocycles. The van der Waals surface area contributed by atoms with Gasteiger partial charge in [-0.1, -0.05) is 19.9 Å². The van der Waals surface area contributed by atoms with Crippen LogP contribution in [0.3, 0.4) is 0 Å². The number of hydrogen-bond donors (Lipinski definition) is 0. The minimum Gasteiger partial charge on any atom is -0.289 e. The lowest BCUT2D eigenvalue weighted by Crippen LogP contribution is -2.07. The highest BCUT2D eigenvalue weighted by molar-refractivity contribution is 6.08. The number of Topliss-reactive ketones (excluding diaryl/α,β-unsaturated/α-hetero) is 1. The average molecular weight is 221 g/mol. The molecule has 1 aromatic heterocycles. The number of carbonyl (C=O) groups is 1. The van der Waals surface area contributed by atoms with Gasteiger partial charge in [-0.25, -0.2) is 4.98 Å². The zero-order valence-corrected chi connectivity index (χ0v) is 9.88. The lowest BCUT2D eigenvalue weighted by atomic mass is 10.0. The number of rotatable bonds is 4. The Morgan fingerprint density at radius 2 is 2.19 bits per heavy atom. The van der Waals surface area contributed by atoms with Gasteiger partial charge in [0.05, 0.1) is 5.56 Å². The fourth-order valence-corrected chi connectivity index (χ4v) is 1.53. The van der Waals surface area contributed by atoms with Gasteiger partial charge >= 0.3 is 0 Å². The summed E-state index contributed by atoms with van der Waals surface area (Å²) in [4.78, 5) is 15.6. The zero-order chi connectivity index (χ0) is 12.1. The maximum Gasteiger partial charge on any atom is 0.224 e. The van der Waals surface area contributed by atoms with Gasteiger partial charge in [-0.3, -0.25) is 4.79 Å². The van der Waals surface area contributed by atoms with Gasteiger partial charge in [-0.2, -0.15) is 4.39 Å². The van der Waals surface area contributed by atoms with Crippen molar-refractivity contribution in [3.05, 3.63) is 41.0 Å². The number of hydrogen-bond acceptors (Lipinski definition) is 2. The van der Waals surface area contributed by atoms with Gasteiger partial charge in [0, 0.05) is 6.20 Å². The molecule has 0 spiro atoms. The topological polar surface area (TPSA) is 30.0 Å². The van der Waals surface area contributed by atoms with E-state index in [0.717, 1.165) is 12.0 Å². The number of pyridine rings is 1. The SMILES string of the molecule is CCC=C(CC)C(=O)c1cc(C)cnc1F. The summed E-state index contributed by atoms with van der Waals surface area (Å²) in [6, 6.07) is 1.55. The molecule has 2 nitrogen and oxygen atoms in total. The summed E-state index contributed by atoms with van der Waals surface area (Å²) in [5.41, 5.74) is 1.51. The van der Waals surface area contributed by atoms with Gasteiger partial charge in [0.15, 0.2) is 5.78 Å². The van der Waals surface area contributed by atoms with Crippen LogP contribution in [0.15, 0.2) is 23.9 Å². The number of halogens is 1. The van der Waals surface area contributed by atoms with Crippen molar-refractivity contribution in [3.8, 4) is 0 Å². The molecule has 0 atom stereocenters. The zero-order valence-electron chi connectivity index (χ0n) is 9.88. The van der Waals surface area contributed by atoms with E-state index in [2.05, 4.69) is 4.98 Å². The van der Waals surface area contributed by atoms with Gasteiger partial charge in [0.2, 0.25) is 5.95 Å². The number of nitrogens with zero attached hydrogens (tertiary/aromatic N) is 1. The fourth-order valence-electron chi connectivity index (χ4n) is 1.53. The summed E-state index contributed by atoms with van der Waals surface area (Å²) in [5.74, 6) is -0.941. The van der Waals surface area contributed by atoms with E-state index in [1.807, 2.05) is 19.9 Å². The third kappa shape index (κ3) is 2.75. The molecule has 0 saturated carbocycles. The monoisotopic (exact) mass is 221 g/mol. The summed E-state index contributed by atoms with van der Waals surface area (Å²) < 4.78 is 13.4. The van der Waals surface area contributed by atoms with Gasteiger partial charge in [-0.05, 0) is 37.0 Å². The lowest BCUT2D eigenvalue weighted by molar-refractivity contribution is 0.102.